The zero-order chi connectivity index (χ0) is 12.4. The maximum absolute atomic E-state index is 12.2. The van der Waals surface area contributed by atoms with Crippen LogP contribution < -0.4 is 5.73 Å². The molecule has 1 fully saturated rings. The third-order valence-electron chi connectivity index (χ3n) is 2.77. The van der Waals surface area contributed by atoms with Crippen LogP contribution in [0.5, 0.6) is 0 Å². The van der Waals surface area contributed by atoms with Crippen molar-refractivity contribution >= 4 is 22.4 Å². The second-order valence-electron chi connectivity index (χ2n) is 5.02. The first-order chi connectivity index (χ1) is 8.06. The molecular formula is C12H19N3OS. The van der Waals surface area contributed by atoms with Crippen molar-refractivity contribution < 1.29 is 4.79 Å². The van der Waals surface area contributed by atoms with Crippen molar-refractivity contribution in [1.82, 2.24) is 9.88 Å². The van der Waals surface area contributed by atoms with Crippen LogP contribution in [0.4, 0.5) is 5.13 Å². The van der Waals surface area contributed by atoms with Gasteiger partial charge < -0.3 is 10.6 Å². The molecule has 5 heteroatoms. The van der Waals surface area contributed by atoms with E-state index < -0.39 is 0 Å². The standard InChI is InChI=1S/C12H19N3OS/c1-8(2)6-15(10-3-4-10)11(16)5-9-7-17-12(13)14-9/h7-8,10H,3-6H2,1-2H3,(H2,13,14). The van der Waals surface area contributed by atoms with E-state index in [9.17, 15) is 4.79 Å². The highest BCUT2D eigenvalue weighted by Crippen LogP contribution is 2.28. The SMILES string of the molecule is CC(C)CN(C(=O)Cc1csc(N)n1)C1CC1. The first-order valence-electron chi connectivity index (χ1n) is 6.05. The predicted molar refractivity (Wildman–Crippen MR) is 69.8 cm³/mol. The number of nitrogens with two attached hydrogens (primary N) is 1. The number of hydrogen-bond donors (Lipinski definition) is 1. The van der Waals surface area contributed by atoms with Crippen molar-refractivity contribution in [1.29, 1.82) is 0 Å². The van der Waals surface area contributed by atoms with Crippen molar-refractivity contribution in [2.24, 2.45) is 5.92 Å². The van der Waals surface area contributed by atoms with Gasteiger partial charge in [0.2, 0.25) is 5.91 Å². The Bertz CT molecular complexity index is 398. The normalized spacial score (nSPS) is 15.2. The highest BCUT2D eigenvalue weighted by atomic mass is 32.1. The van der Waals surface area contributed by atoms with Gasteiger partial charge in [-0.05, 0) is 18.8 Å². The zero-order valence-electron chi connectivity index (χ0n) is 10.3. The number of rotatable bonds is 5. The summed E-state index contributed by atoms with van der Waals surface area (Å²) in [6.45, 7) is 5.14. The lowest BCUT2D eigenvalue weighted by Crippen LogP contribution is -2.37. The number of amides is 1. The van der Waals surface area contributed by atoms with Gasteiger partial charge >= 0.3 is 0 Å². The number of hydrogen-bond acceptors (Lipinski definition) is 4. The summed E-state index contributed by atoms with van der Waals surface area (Å²) in [6.07, 6.45) is 2.69. The number of thiazole rings is 1. The Hall–Kier alpha value is -1.10. The van der Waals surface area contributed by atoms with Gasteiger partial charge in [-0.3, -0.25) is 4.79 Å². The summed E-state index contributed by atoms with van der Waals surface area (Å²) in [5, 5.41) is 2.41. The van der Waals surface area contributed by atoms with E-state index in [0.717, 1.165) is 25.1 Å². The van der Waals surface area contributed by atoms with Crippen LogP contribution in [0.15, 0.2) is 5.38 Å². The average Bonchev–Trinajstić information content (AvgIpc) is 3.00. The van der Waals surface area contributed by atoms with Crippen LogP contribution in [-0.2, 0) is 11.2 Å². The minimum Gasteiger partial charge on any atom is -0.375 e. The lowest BCUT2D eigenvalue weighted by molar-refractivity contribution is -0.131. The molecule has 0 saturated heterocycles. The van der Waals surface area contributed by atoms with Crippen LogP contribution in [0, 0.1) is 5.92 Å². The Morgan fingerprint density at radius 3 is 2.82 bits per heavy atom. The molecular weight excluding hydrogens is 234 g/mol. The highest BCUT2D eigenvalue weighted by Gasteiger charge is 2.32. The molecule has 0 aliphatic heterocycles. The monoisotopic (exact) mass is 253 g/mol. The fourth-order valence-corrected chi connectivity index (χ4v) is 2.46. The molecule has 1 aliphatic carbocycles. The minimum atomic E-state index is 0.187. The van der Waals surface area contributed by atoms with Gasteiger partial charge in [-0.25, -0.2) is 4.98 Å². The van der Waals surface area contributed by atoms with E-state index in [4.69, 9.17) is 5.73 Å². The number of nitrogens with zero attached hydrogens (tertiary/aromatic N) is 2. The Labute approximate surface area is 106 Å². The highest BCUT2D eigenvalue weighted by molar-refractivity contribution is 7.13. The molecule has 0 radical (unpaired) electrons. The topological polar surface area (TPSA) is 59.2 Å². The number of nitrogen functional groups attached to an aromatic ring is 1. The molecule has 1 aromatic heterocycles. The van der Waals surface area contributed by atoms with Crippen LogP contribution in [-0.4, -0.2) is 28.4 Å². The van der Waals surface area contributed by atoms with Gasteiger partial charge in [0.1, 0.15) is 0 Å². The van der Waals surface area contributed by atoms with Gasteiger partial charge in [0, 0.05) is 18.0 Å². The van der Waals surface area contributed by atoms with Gasteiger partial charge in [-0.15, -0.1) is 11.3 Å². The minimum absolute atomic E-state index is 0.187. The van der Waals surface area contributed by atoms with Crippen molar-refractivity contribution in [2.45, 2.75) is 39.2 Å². The molecule has 0 atom stereocenters. The molecule has 1 heterocycles. The second-order valence-corrected chi connectivity index (χ2v) is 5.91. The molecule has 0 bridgehead atoms. The second kappa shape index (κ2) is 5.04. The summed E-state index contributed by atoms with van der Waals surface area (Å²) < 4.78 is 0. The molecule has 94 valence electrons. The summed E-state index contributed by atoms with van der Waals surface area (Å²) in [5.41, 5.74) is 6.36. The first kappa shape index (κ1) is 12.4. The largest absolute Gasteiger partial charge is 0.375 e. The van der Waals surface area contributed by atoms with Gasteiger partial charge in [-0.1, -0.05) is 13.8 Å². The maximum atomic E-state index is 12.2. The van der Waals surface area contributed by atoms with Crippen LogP contribution in [0.3, 0.4) is 0 Å². The average molecular weight is 253 g/mol. The molecule has 2 rings (SSSR count). The van der Waals surface area contributed by atoms with E-state index in [1.165, 1.54) is 11.3 Å². The van der Waals surface area contributed by atoms with E-state index in [0.29, 0.717) is 23.5 Å². The Morgan fingerprint density at radius 1 is 1.65 bits per heavy atom. The molecule has 4 nitrogen and oxygen atoms in total. The van der Waals surface area contributed by atoms with Gasteiger partial charge in [-0.2, -0.15) is 0 Å². The van der Waals surface area contributed by atoms with Crippen molar-refractivity contribution in [3.05, 3.63) is 11.1 Å². The third-order valence-corrected chi connectivity index (χ3v) is 3.49. The molecule has 17 heavy (non-hydrogen) atoms. The van der Waals surface area contributed by atoms with E-state index >= 15 is 0 Å². The predicted octanol–water partition coefficient (Wildman–Crippen LogP) is 1.91. The molecule has 1 saturated carbocycles. The van der Waals surface area contributed by atoms with E-state index in [1.54, 1.807) is 0 Å². The zero-order valence-corrected chi connectivity index (χ0v) is 11.2. The summed E-state index contributed by atoms with van der Waals surface area (Å²) in [7, 11) is 0. The van der Waals surface area contributed by atoms with E-state index in [2.05, 4.69) is 18.8 Å². The molecule has 0 unspecified atom stereocenters. The Kier molecular flexibility index (Phi) is 3.66. The van der Waals surface area contributed by atoms with E-state index in [1.807, 2.05) is 10.3 Å². The molecule has 1 amide bonds. The lowest BCUT2D eigenvalue weighted by atomic mass is 10.2. The lowest BCUT2D eigenvalue weighted by Gasteiger charge is -2.24. The summed E-state index contributed by atoms with van der Waals surface area (Å²) in [5.74, 6) is 0.701. The summed E-state index contributed by atoms with van der Waals surface area (Å²) in [4.78, 5) is 18.3. The van der Waals surface area contributed by atoms with Crippen LogP contribution in [0.2, 0.25) is 0 Å². The molecule has 2 N–H and O–H groups in total. The summed E-state index contributed by atoms with van der Waals surface area (Å²) in [6, 6.07) is 0.473. The van der Waals surface area contributed by atoms with Gasteiger partial charge in [0.05, 0.1) is 12.1 Å². The third kappa shape index (κ3) is 3.43. The number of carbonyl (C=O) groups excluding carboxylic acids is 1. The number of aromatic nitrogens is 1. The summed E-state index contributed by atoms with van der Waals surface area (Å²) >= 11 is 1.39. The van der Waals surface area contributed by atoms with Crippen molar-refractivity contribution in [2.75, 3.05) is 12.3 Å². The van der Waals surface area contributed by atoms with Crippen LogP contribution in [0.1, 0.15) is 32.4 Å². The fourth-order valence-electron chi connectivity index (χ4n) is 1.89. The number of anilines is 1. The van der Waals surface area contributed by atoms with Crippen molar-refractivity contribution in [3.63, 3.8) is 0 Å². The Balaban J connectivity index is 1.96. The van der Waals surface area contributed by atoms with E-state index in [-0.39, 0.29) is 5.91 Å². The van der Waals surface area contributed by atoms with Gasteiger partial charge in [0.15, 0.2) is 5.13 Å². The molecule has 0 aromatic carbocycles. The first-order valence-corrected chi connectivity index (χ1v) is 6.93. The maximum Gasteiger partial charge on any atom is 0.228 e. The molecule has 1 aliphatic rings. The van der Waals surface area contributed by atoms with Crippen LogP contribution >= 0.6 is 11.3 Å². The quantitative estimate of drug-likeness (QED) is 0.872. The molecule has 0 spiro atoms. The van der Waals surface area contributed by atoms with Gasteiger partial charge in [0.25, 0.3) is 0 Å². The van der Waals surface area contributed by atoms with Crippen molar-refractivity contribution in [3.8, 4) is 0 Å². The Morgan fingerprint density at radius 2 is 2.35 bits per heavy atom. The molecule has 1 aromatic rings. The smallest absolute Gasteiger partial charge is 0.228 e. The fraction of sp³-hybridized carbons (Fsp3) is 0.667. The number of carbonyl (C=O) groups is 1. The van der Waals surface area contributed by atoms with Crippen LogP contribution in [0.25, 0.3) is 0 Å².